The highest BCUT2D eigenvalue weighted by molar-refractivity contribution is 5.65. The zero-order valence-electron chi connectivity index (χ0n) is 13.2. The summed E-state index contributed by atoms with van der Waals surface area (Å²) < 4.78 is 33.4. The molecule has 0 heterocycles. The third-order valence-electron chi connectivity index (χ3n) is 3.80. The van der Waals surface area contributed by atoms with Crippen molar-refractivity contribution in [3.05, 3.63) is 71.3 Å². The first-order valence-corrected chi connectivity index (χ1v) is 7.56. The molecule has 0 fully saturated rings. The van der Waals surface area contributed by atoms with Crippen LogP contribution in [-0.2, 0) is 9.53 Å². The highest BCUT2D eigenvalue weighted by atomic mass is 19.1. The van der Waals surface area contributed by atoms with Gasteiger partial charge in [-0.1, -0.05) is 36.4 Å². The third-order valence-corrected chi connectivity index (χ3v) is 3.80. The van der Waals surface area contributed by atoms with Crippen molar-refractivity contribution in [1.29, 1.82) is 5.26 Å². The summed E-state index contributed by atoms with van der Waals surface area (Å²) in [6.07, 6.45) is 0.143. The molecule has 0 aliphatic carbocycles. The molecule has 2 atom stereocenters. The fraction of sp³-hybridized carbons (Fsp3) is 0.263. The molecule has 0 bridgehead atoms. The molecule has 0 aliphatic heterocycles. The highest BCUT2D eigenvalue weighted by Crippen LogP contribution is 2.37. The Morgan fingerprint density at radius 3 is 2.29 bits per heavy atom. The number of nitrogens with zero attached hydrogens (tertiary/aromatic N) is 1. The van der Waals surface area contributed by atoms with E-state index in [1.165, 1.54) is 13.0 Å². The van der Waals surface area contributed by atoms with E-state index in [4.69, 9.17) is 4.74 Å². The number of esters is 1. The summed E-state index contributed by atoms with van der Waals surface area (Å²) in [6, 6.07) is 14.6. The summed E-state index contributed by atoms with van der Waals surface area (Å²) in [5.41, 5.74) is 0.510. The Labute approximate surface area is 139 Å². The van der Waals surface area contributed by atoms with Gasteiger partial charge in [-0.15, -0.1) is 0 Å². The van der Waals surface area contributed by atoms with Crippen LogP contribution in [0.2, 0.25) is 0 Å². The topological polar surface area (TPSA) is 50.1 Å². The second-order valence-corrected chi connectivity index (χ2v) is 5.39. The summed E-state index contributed by atoms with van der Waals surface area (Å²) in [6.45, 7) is 1.25. The van der Waals surface area contributed by atoms with Crippen LogP contribution in [0.5, 0.6) is 0 Å². The second kappa shape index (κ2) is 8.21. The highest BCUT2D eigenvalue weighted by Gasteiger charge is 2.29. The van der Waals surface area contributed by atoms with Gasteiger partial charge in [0.05, 0.1) is 18.6 Å². The van der Waals surface area contributed by atoms with Gasteiger partial charge >= 0.3 is 5.97 Å². The smallest absolute Gasteiger partial charge is 0.302 e. The average Bonchev–Trinajstić information content (AvgIpc) is 2.55. The molecule has 3 nitrogen and oxygen atoms in total. The maximum absolute atomic E-state index is 14.2. The third kappa shape index (κ3) is 4.17. The number of hydrogen-bond acceptors (Lipinski definition) is 3. The zero-order valence-corrected chi connectivity index (χ0v) is 13.2. The average molecular weight is 329 g/mol. The predicted molar refractivity (Wildman–Crippen MR) is 85.1 cm³/mol. The minimum Gasteiger partial charge on any atom is -0.466 e. The van der Waals surface area contributed by atoms with Crippen molar-refractivity contribution in [2.75, 3.05) is 6.61 Å². The van der Waals surface area contributed by atoms with Crippen LogP contribution in [-0.4, -0.2) is 12.6 Å². The number of halogens is 2. The molecule has 2 aromatic carbocycles. The molecule has 2 aromatic rings. The van der Waals surface area contributed by atoms with Crippen LogP contribution >= 0.6 is 0 Å². The summed E-state index contributed by atoms with van der Waals surface area (Å²) in [4.78, 5) is 11.0. The standard InChI is InChI=1S/C19H17F2NO2/c1-13(23)24-11-10-15(19-17(20)8-5-9-18(19)21)16(12-22)14-6-3-2-4-7-14/h2-9,15-16H,10-11H2,1H3/t15-,16+/m1/s1. The molecule has 0 spiro atoms. The zero-order chi connectivity index (χ0) is 17.5. The van der Waals surface area contributed by atoms with E-state index in [-0.39, 0.29) is 18.6 Å². The fourth-order valence-electron chi connectivity index (χ4n) is 2.73. The second-order valence-electron chi connectivity index (χ2n) is 5.39. The molecule has 0 aliphatic rings. The van der Waals surface area contributed by atoms with Crippen molar-refractivity contribution in [3.63, 3.8) is 0 Å². The number of ether oxygens (including phenoxy) is 1. The van der Waals surface area contributed by atoms with Crippen molar-refractivity contribution in [3.8, 4) is 6.07 Å². The molecule has 0 unspecified atom stereocenters. The van der Waals surface area contributed by atoms with Crippen LogP contribution in [0.15, 0.2) is 48.5 Å². The fourth-order valence-corrected chi connectivity index (χ4v) is 2.73. The van der Waals surface area contributed by atoms with Crippen LogP contribution in [0.4, 0.5) is 8.78 Å². The number of hydrogen-bond donors (Lipinski definition) is 0. The van der Waals surface area contributed by atoms with E-state index in [9.17, 15) is 18.8 Å². The first-order valence-electron chi connectivity index (χ1n) is 7.56. The maximum Gasteiger partial charge on any atom is 0.302 e. The van der Waals surface area contributed by atoms with Gasteiger partial charge in [0.1, 0.15) is 11.6 Å². The van der Waals surface area contributed by atoms with E-state index >= 15 is 0 Å². The van der Waals surface area contributed by atoms with E-state index in [2.05, 4.69) is 6.07 Å². The lowest BCUT2D eigenvalue weighted by atomic mass is 9.80. The molecule has 124 valence electrons. The molecule has 0 N–H and O–H groups in total. The molecule has 5 heteroatoms. The first kappa shape index (κ1) is 17.6. The summed E-state index contributed by atoms with van der Waals surface area (Å²) in [5.74, 6) is -3.42. The number of nitriles is 1. The Bertz CT molecular complexity index is 721. The number of carbonyl (C=O) groups excluding carboxylic acids is 1. The summed E-state index contributed by atoms with van der Waals surface area (Å²) in [7, 11) is 0. The van der Waals surface area contributed by atoms with Gasteiger partial charge in [0.25, 0.3) is 0 Å². The van der Waals surface area contributed by atoms with Crippen LogP contribution in [0, 0.1) is 23.0 Å². The minimum atomic E-state index is -0.766. The monoisotopic (exact) mass is 329 g/mol. The van der Waals surface area contributed by atoms with Crippen molar-refractivity contribution in [1.82, 2.24) is 0 Å². The van der Waals surface area contributed by atoms with Crippen LogP contribution in [0.1, 0.15) is 36.3 Å². The Balaban J connectivity index is 2.42. The molecule has 24 heavy (non-hydrogen) atoms. The molecule has 0 saturated carbocycles. The van der Waals surface area contributed by atoms with Gasteiger partial charge in [-0.3, -0.25) is 4.79 Å². The van der Waals surface area contributed by atoms with Gasteiger partial charge in [0.2, 0.25) is 0 Å². The van der Waals surface area contributed by atoms with E-state index < -0.39 is 29.4 Å². The Morgan fingerprint density at radius 1 is 1.12 bits per heavy atom. The molecular formula is C19H17F2NO2. The van der Waals surface area contributed by atoms with E-state index in [0.717, 1.165) is 12.1 Å². The summed E-state index contributed by atoms with van der Waals surface area (Å²) >= 11 is 0. The van der Waals surface area contributed by atoms with E-state index in [1.54, 1.807) is 30.3 Å². The number of carbonyl (C=O) groups is 1. The van der Waals surface area contributed by atoms with Gasteiger partial charge in [-0.05, 0) is 24.1 Å². The lowest BCUT2D eigenvalue weighted by Gasteiger charge is -2.23. The van der Waals surface area contributed by atoms with Crippen LogP contribution in [0.3, 0.4) is 0 Å². The predicted octanol–water partition coefficient (Wildman–Crippen LogP) is 4.31. The van der Waals surface area contributed by atoms with E-state index in [0.29, 0.717) is 5.56 Å². The van der Waals surface area contributed by atoms with Gasteiger partial charge < -0.3 is 4.74 Å². The quantitative estimate of drug-likeness (QED) is 0.742. The molecule has 2 rings (SSSR count). The number of rotatable bonds is 6. The van der Waals surface area contributed by atoms with Gasteiger partial charge in [0.15, 0.2) is 0 Å². The Kier molecular flexibility index (Phi) is 6.02. The lowest BCUT2D eigenvalue weighted by molar-refractivity contribution is -0.141. The van der Waals surface area contributed by atoms with Crippen LogP contribution < -0.4 is 0 Å². The van der Waals surface area contributed by atoms with E-state index in [1.807, 2.05) is 0 Å². The van der Waals surface area contributed by atoms with Gasteiger partial charge in [-0.25, -0.2) is 8.78 Å². The van der Waals surface area contributed by atoms with Crippen molar-refractivity contribution < 1.29 is 18.3 Å². The normalized spacial score (nSPS) is 12.9. The molecule has 0 aromatic heterocycles. The molecule has 0 radical (unpaired) electrons. The minimum absolute atomic E-state index is 0.0151. The van der Waals surface area contributed by atoms with Gasteiger partial charge in [0, 0.05) is 18.4 Å². The van der Waals surface area contributed by atoms with Crippen molar-refractivity contribution in [2.24, 2.45) is 0 Å². The van der Waals surface area contributed by atoms with Crippen LogP contribution in [0.25, 0.3) is 0 Å². The van der Waals surface area contributed by atoms with Gasteiger partial charge in [-0.2, -0.15) is 5.26 Å². The number of benzene rings is 2. The SMILES string of the molecule is CC(=O)OCC[C@@H](c1c(F)cccc1F)[C@@H](C#N)c1ccccc1. The molecule has 0 saturated heterocycles. The molecular weight excluding hydrogens is 312 g/mol. The summed E-state index contributed by atoms with van der Waals surface area (Å²) in [5, 5.41) is 9.60. The lowest BCUT2D eigenvalue weighted by Crippen LogP contribution is -2.16. The maximum atomic E-state index is 14.2. The van der Waals surface area contributed by atoms with Crippen molar-refractivity contribution >= 4 is 5.97 Å². The van der Waals surface area contributed by atoms with Crippen molar-refractivity contribution in [2.45, 2.75) is 25.2 Å². The Hall–Kier alpha value is -2.74. The first-order chi connectivity index (χ1) is 11.5. The molecule has 0 amide bonds. The largest absolute Gasteiger partial charge is 0.466 e. The Morgan fingerprint density at radius 2 is 1.75 bits per heavy atom.